The summed E-state index contributed by atoms with van der Waals surface area (Å²) in [6.07, 6.45) is 10.6. The van der Waals surface area contributed by atoms with Gasteiger partial charge in [0.2, 0.25) is 0 Å². The molecule has 1 aromatic heterocycles. The van der Waals surface area contributed by atoms with E-state index in [0.29, 0.717) is 18.8 Å². The number of aromatic nitrogens is 2. The lowest BCUT2D eigenvalue weighted by molar-refractivity contribution is 0.444. The van der Waals surface area contributed by atoms with Crippen LogP contribution in [-0.4, -0.2) is 30.1 Å². The van der Waals surface area contributed by atoms with Gasteiger partial charge >= 0.3 is 0 Å². The zero-order valence-corrected chi connectivity index (χ0v) is 21.0. The van der Waals surface area contributed by atoms with Crippen LogP contribution >= 0.6 is 0 Å². The van der Waals surface area contributed by atoms with Gasteiger partial charge in [0.05, 0.1) is 5.69 Å². The second-order valence-corrected chi connectivity index (χ2v) is 8.66. The molecule has 0 unspecified atom stereocenters. The van der Waals surface area contributed by atoms with Crippen LogP contribution < -0.4 is 15.8 Å². The van der Waals surface area contributed by atoms with Gasteiger partial charge in [0, 0.05) is 43.8 Å². The second-order valence-electron chi connectivity index (χ2n) is 8.66. The number of allylic oxidation sites excluding steroid dienone is 2. The predicted molar refractivity (Wildman–Crippen MR) is 147 cm³/mol. The van der Waals surface area contributed by atoms with Gasteiger partial charge in [-0.25, -0.2) is 10.1 Å². The molecule has 0 bridgehead atoms. The molecular weight excluding hydrogens is 437 g/mol. The third kappa shape index (κ3) is 7.95. The number of anilines is 3. The molecule has 4 rings (SSSR count). The molecule has 1 aliphatic carbocycles. The Balaban J connectivity index is 0.000000198. The van der Waals surface area contributed by atoms with Crippen LogP contribution in [0.15, 0.2) is 84.7 Å². The van der Waals surface area contributed by atoms with E-state index in [2.05, 4.69) is 33.3 Å². The topological polar surface area (TPSA) is 53.1 Å². The van der Waals surface area contributed by atoms with E-state index >= 15 is 0 Å². The fourth-order valence-corrected chi connectivity index (χ4v) is 3.53. The Kier molecular flexibility index (Phi) is 9.84. The first-order valence-electron chi connectivity index (χ1n) is 12.2. The molecule has 2 aromatic carbocycles. The molecular formula is C29H36FN5. The van der Waals surface area contributed by atoms with Crippen molar-refractivity contribution in [3.8, 4) is 11.3 Å². The van der Waals surface area contributed by atoms with Crippen molar-refractivity contribution in [1.82, 2.24) is 9.97 Å². The van der Waals surface area contributed by atoms with E-state index in [1.807, 2.05) is 62.5 Å². The molecule has 0 amide bonds. The lowest BCUT2D eigenvalue weighted by Gasteiger charge is -2.16. The fourth-order valence-electron chi connectivity index (χ4n) is 3.53. The Morgan fingerprint density at radius 1 is 1.06 bits per heavy atom. The van der Waals surface area contributed by atoms with Crippen LogP contribution in [0.1, 0.15) is 38.7 Å². The van der Waals surface area contributed by atoms with E-state index in [1.54, 1.807) is 24.9 Å². The summed E-state index contributed by atoms with van der Waals surface area (Å²) >= 11 is 0. The molecule has 6 heteroatoms. The van der Waals surface area contributed by atoms with E-state index in [-0.39, 0.29) is 0 Å². The summed E-state index contributed by atoms with van der Waals surface area (Å²) in [7, 11) is 1.90. The first-order chi connectivity index (χ1) is 17.0. The number of halogens is 1. The van der Waals surface area contributed by atoms with Gasteiger partial charge in [-0.2, -0.15) is 0 Å². The molecule has 35 heavy (non-hydrogen) atoms. The van der Waals surface area contributed by atoms with Crippen LogP contribution in [0.4, 0.5) is 21.7 Å². The molecule has 1 saturated carbocycles. The van der Waals surface area contributed by atoms with Crippen molar-refractivity contribution in [2.75, 3.05) is 35.9 Å². The monoisotopic (exact) mass is 473 g/mol. The van der Waals surface area contributed by atoms with Crippen molar-refractivity contribution in [1.29, 1.82) is 0 Å². The van der Waals surface area contributed by atoms with Crippen molar-refractivity contribution in [3.05, 3.63) is 90.3 Å². The van der Waals surface area contributed by atoms with Crippen LogP contribution in [0.5, 0.6) is 0 Å². The van der Waals surface area contributed by atoms with Crippen LogP contribution in [0.25, 0.3) is 11.3 Å². The van der Waals surface area contributed by atoms with Gasteiger partial charge in [0.1, 0.15) is 5.69 Å². The van der Waals surface area contributed by atoms with E-state index in [9.17, 15) is 4.48 Å². The number of nitrogens with one attached hydrogen (secondary N) is 2. The van der Waals surface area contributed by atoms with Crippen molar-refractivity contribution in [2.45, 2.75) is 39.5 Å². The number of rotatable bonds is 9. The molecule has 1 heterocycles. The fraction of sp³-hybridized carbons (Fsp3) is 0.310. The molecule has 3 aromatic rings. The summed E-state index contributed by atoms with van der Waals surface area (Å²) in [5.41, 5.74) is 7.49. The highest BCUT2D eigenvalue weighted by molar-refractivity contribution is 5.72. The highest BCUT2D eigenvalue weighted by Crippen LogP contribution is 2.26. The quantitative estimate of drug-likeness (QED) is 0.254. The maximum Gasteiger partial charge on any atom is 0.152 e. The van der Waals surface area contributed by atoms with E-state index in [4.69, 9.17) is 0 Å². The maximum atomic E-state index is 13.2. The molecule has 184 valence electrons. The van der Waals surface area contributed by atoms with Crippen LogP contribution in [-0.2, 0) is 6.42 Å². The van der Waals surface area contributed by atoms with Gasteiger partial charge in [-0.3, -0.25) is 4.98 Å². The van der Waals surface area contributed by atoms with Crippen molar-refractivity contribution >= 4 is 17.2 Å². The molecule has 2 N–H and O–H groups in total. The summed E-state index contributed by atoms with van der Waals surface area (Å²) in [5.74, 6) is 0.780. The summed E-state index contributed by atoms with van der Waals surface area (Å²) in [6, 6.07) is 15.8. The molecule has 5 nitrogen and oxygen atoms in total. The third-order valence-electron chi connectivity index (χ3n) is 5.82. The summed E-state index contributed by atoms with van der Waals surface area (Å²) in [6.45, 7) is 8.74. The number of hydrogen-bond donors (Lipinski definition) is 2. The van der Waals surface area contributed by atoms with E-state index in [1.165, 1.54) is 24.8 Å². The smallest absolute Gasteiger partial charge is 0.152 e. The highest BCUT2D eigenvalue weighted by Gasteiger charge is 2.08. The Morgan fingerprint density at radius 3 is 2.31 bits per heavy atom. The van der Waals surface area contributed by atoms with E-state index in [0.717, 1.165) is 39.9 Å². The number of hydrogen-bond acceptors (Lipinski definition) is 5. The zero-order chi connectivity index (χ0) is 25.0. The first kappa shape index (κ1) is 25.9. The van der Waals surface area contributed by atoms with Gasteiger partial charge in [-0.05, 0) is 69.4 Å². The summed E-state index contributed by atoms with van der Waals surface area (Å²) in [5, 5.41) is 7.11. The predicted octanol–water partition coefficient (Wildman–Crippen LogP) is 7.22. The second kappa shape index (κ2) is 13.3. The minimum absolute atomic E-state index is 0.392. The van der Waals surface area contributed by atoms with Gasteiger partial charge in [0.25, 0.3) is 0 Å². The van der Waals surface area contributed by atoms with Crippen molar-refractivity contribution < 1.29 is 4.48 Å². The SMILES string of the molecule is C=C(C)CNc1nccnc1-c1ccc(NC)cc1.CCN(F)c1ccc(CC=C2CCC2)cc1. The number of benzene rings is 2. The minimum Gasteiger partial charge on any atom is -0.388 e. The van der Waals surface area contributed by atoms with E-state index < -0.39 is 0 Å². The van der Waals surface area contributed by atoms with Gasteiger partial charge < -0.3 is 10.6 Å². The average molecular weight is 474 g/mol. The highest BCUT2D eigenvalue weighted by atomic mass is 19.2. The molecule has 1 aliphatic rings. The molecule has 0 radical (unpaired) electrons. The van der Waals surface area contributed by atoms with Crippen LogP contribution in [0.3, 0.4) is 0 Å². The van der Waals surface area contributed by atoms with Crippen LogP contribution in [0, 0.1) is 0 Å². The minimum atomic E-state index is 0.392. The molecule has 0 atom stereocenters. The number of nitrogens with zero attached hydrogens (tertiary/aromatic N) is 3. The Labute approximate surface area is 208 Å². The molecule has 1 fully saturated rings. The third-order valence-corrected chi connectivity index (χ3v) is 5.82. The Morgan fingerprint density at radius 2 is 1.74 bits per heavy atom. The van der Waals surface area contributed by atoms with Gasteiger partial charge in [0.15, 0.2) is 5.82 Å². The average Bonchev–Trinajstić information content (AvgIpc) is 2.87. The molecule has 0 spiro atoms. The lowest BCUT2D eigenvalue weighted by atomic mass is 9.91. The zero-order valence-electron chi connectivity index (χ0n) is 21.0. The standard InChI is InChI=1S/C15H18N4.C14H18FN/c1-11(2)10-19-15-14(17-8-9-18-15)12-4-6-13(16-3)7-5-12;1-2-16(15)14-10-8-13(9-11-14)7-6-12-4-3-5-12/h4-9,16H,1,10H2,2-3H3,(H,18,19);6,8-11H,2-5,7H2,1H3. The van der Waals surface area contributed by atoms with Crippen LogP contribution in [0.2, 0.25) is 0 Å². The van der Waals surface area contributed by atoms with Crippen molar-refractivity contribution in [2.24, 2.45) is 0 Å². The van der Waals surface area contributed by atoms with Gasteiger partial charge in [-0.1, -0.05) is 52.5 Å². The van der Waals surface area contributed by atoms with Gasteiger partial charge in [-0.15, -0.1) is 0 Å². The Bertz CT molecular complexity index is 1100. The van der Waals surface area contributed by atoms with Crippen molar-refractivity contribution in [3.63, 3.8) is 0 Å². The normalized spacial score (nSPS) is 12.1. The molecule has 0 aliphatic heterocycles. The first-order valence-corrected chi connectivity index (χ1v) is 12.2. The summed E-state index contributed by atoms with van der Waals surface area (Å²) in [4.78, 5) is 8.75. The largest absolute Gasteiger partial charge is 0.388 e. The Hall–Kier alpha value is -3.67. The lowest BCUT2D eigenvalue weighted by Crippen LogP contribution is -2.09. The molecule has 0 saturated heterocycles. The summed E-state index contributed by atoms with van der Waals surface area (Å²) < 4.78 is 13.2. The maximum absolute atomic E-state index is 13.2.